The van der Waals surface area contributed by atoms with E-state index in [1.54, 1.807) is 0 Å². The summed E-state index contributed by atoms with van der Waals surface area (Å²) in [4.78, 5) is 5.17. The average molecular weight is 718 g/mol. The normalized spacial score (nSPS) is 11.9. The number of para-hydroxylation sites is 4. The van der Waals surface area contributed by atoms with E-state index in [0.29, 0.717) is 5.82 Å². The van der Waals surface area contributed by atoms with Gasteiger partial charge in [0.2, 0.25) is 0 Å². The summed E-state index contributed by atoms with van der Waals surface area (Å²) in [5.41, 5.74) is 11.2. The van der Waals surface area contributed by atoms with Crippen molar-refractivity contribution in [2.45, 2.75) is 0 Å². The van der Waals surface area contributed by atoms with Crippen LogP contribution in [0.3, 0.4) is 0 Å². The lowest BCUT2D eigenvalue weighted by molar-refractivity contribution is 0.671. The van der Waals surface area contributed by atoms with Crippen molar-refractivity contribution < 1.29 is 4.42 Å². The van der Waals surface area contributed by atoms with Crippen molar-refractivity contribution in [1.29, 1.82) is 0 Å². The summed E-state index contributed by atoms with van der Waals surface area (Å²) in [6, 6.07) is 66.0. The first-order valence-corrected chi connectivity index (χ1v) is 18.8. The Labute approximate surface area is 320 Å². The van der Waals surface area contributed by atoms with Gasteiger partial charge in [-0.15, -0.1) is 5.10 Å². The second kappa shape index (κ2) is 11.9. The molecule has 0 unspecified atom stereocenters. The molecule has 12 aromatic rings. The molecule has 56 heavy (non-hydrogen) atoms. The topological polar surface area (TPSA) is 53.7 Å². The van der Waals surface area contributed by atoms with Crippen LogP contribution in [0.2, 0.25) is 0 Å². The first kappa shape index (κ1) is 30.7. The molecular formula is C50H31N5O. The van der Waals surface area contributed by atoms with Gasteiger partial charge in [-0.05, 0) is 60.7 Å². The molecule has 4 aromatic heterocycles. The van der Waals surface area contributed by atoms with Crippen LogP contribution in [0.15, 0.2) is 192 Å². The Hall–Kier alpha value is -7.70. The number of fused-ring (bicyclic) bond motifs is 10. The van der Waals surface area contributed by atoms with Gasteiger partial charge in [-0.2, -0.15) is 0 Å². The number of hydrogen-bond donors (Lipinski definition) is 0. The Balaban J connectivity index is 1.10. The Kier molecular flexibility index (Phi) is 6.53. The van der Waals surface area contributed by atoms with E-state index in [-0.39, 0.29) is 0 Å². The highest BCUT2D eigenvalue weighted by Gasteiger charge is 2.21. The quantitative estimate of drug-likeness (QED) is 0.178. The summed E-state index contributed by atoms with van der Waals surface area (Å²) in [5, 5.41) is 12.0. The molecule has 0 aliphatic carbocycles. The van der Waals surface area contributed by atoms with Crippen molar-refractivity contribution in [1.82, 2.24) is 23.9 Å². The highest BCUT2D eigenvalue weighted by atomic mass is 16.3. The molecule has 0 N–H and O–H groups in total. The highest BCUT2D eigenvalue weighted by molar-refractivity contribution is 6.21. The Morgan fingerprint density at radius 1 is 0.393 bits per heavy atom. The van der Waals surface area contributed by atoms with E-state index in [9.17, 15) is 0 Å². The monoisotopic (exact) mass is 717 g/mol. The van der Waals surface area contributed by atoms with Crippen molar-refractivity contribution in [2.75, 3.05) is 0 Å². The van der Waals surface area contributed by atoms with Crippen molar-refractivity contribution in [2.24, 2.45) is 0 Å². The summed E-state index contributed by atoms with van der Waals surface area (Å²) < 4.78 is 13.4. The predicted octanol–water partition coefficient (Wildman–Crippen LogP) is 12.7. The van der Waals surface area contributed by atoms with Crippen LogP contribution in [0.25, 0.3) is 105 Å². The number of furan rings is 1. The van der Waals surface area contributed by atoms with Crippen LogP contribution in [0.4, 0.5) is 0 Å². The molecule has 0 saturated carbocycles. The fourth-order valence-electron chi connectivity index (χ4n) is 8.62. The van der Waals surface area contributed by atoms with E-state index in [2.05, 4.69) is 155 Å². The third-order valence-corrected chi connectivity index (χ3v) is 11.1. The molecule has 0 radical (unpaired) electrons. The predicted molar refractivity (Wildman–Crippen MR) is 228 cm³/mol. The van der Waals surface area contributed by atoms with Crippen LogP contribution >= 0.6 is 0 Å². The number of rotatable bonds is 5. The largest absolute Gasteiger partial charge is 0.454 e. The van der Waals surface area contributed by atoms with Gasteiger partial charge in [-0.3, -0.25) is 0 Å². The molecule has 0 amide bonds. The highest BCUT2D eigenvalue weighted by Crippen LogP contribution is 2.41. The minimum atomic E-state index is 0.683. The maximum atomic E-state index is 6.66. The molecule has 6 nitrogen and oxygen atoms in total. The van der Waals surface area contributed by atoms with E-state index < -0.39 is 0 Å². The van der Waals surface area contributed by atoms with Crippen molar-refractivity contribution in [3.8, 4) is 39.8 Å². The van der Waals surface area contributed by atoms with Crippen LogP contribution < -0.4 is 0 Å². The van der Waals surface area contributed by atoms with Gasteiger partial charge in [0.05, 0.1) is 27.8 Å². The van der Waals surface area contributed by atoms with E-state index >= 15 is 0 Å². The molecule has 0 aliphatic heterocycles. The first-order chi connectivity index (χ1) is 27.8. The van der Waals surface area contributed by atoms with Gasteiger partial charge < -0.3 is 13.6 Å². The molecule has 4 heterocycles. The molecule has 0 bridgehead atoms. The van der Waals surface area contributed by atoms with Crippen molar-refractivity contribution in [3.63, 3.8) is 0 Å². The molecule has 0 spiro atoms. The molecule has 0 atom stereocenters. The number of hydrogen-bond acceptors (Lipinski definition) is 3. The zero-order chi connectivity index (χ0) is 36.7. The maximum Gasteiger partial charge on any atom is 0.182 e. The molecule has 0 fully saturated rings. The fraction of sp³-hybridized carbons (Fsp3) is 0. The zero-order valence-electron chi connectivity index (χ0n) is 30.0. The van der Waals surface area contributed by atoms with Gasteiger partial charge in [0.1, 0.15) is 5.58 Å². The second-order valence-electron chi connectivity index (χ2n) is 14.3. The second-order valence-corrected chi connectivity index (χ2v) is 14.3. The third-order valence-electron chi connectivity index (χ3n) is 11.1. The number of aromatic nitrogens is 5. The van der Waals surface area contributed by atoms with Gasteiger partial charge in [0.15, 0.2) is 17.2 Å². The molecule has 262 valence electrons. The standard InChI is InChI=1S/C50H31N5O/c1-3-14-32(15-4-1)49-51-50(55(52-49)34-16-5-2-6-17-34)33-26-27-39-37-20-7-10-23-43(37)53(45(39)30-33)35-18-13-19-36(31-35)54-44-24-11-8-21-38(44)41-28-29-42-40-22-9-12-25-46(40)56-48(42)47(41)54/h1-31H. The Morgan fingerprint density at radius 3 is 1.79 bits per heavy atom. The fourth-order valence-corrected chi connectivity index (χ4v) is 8.62. The van der Waals surface area contributed by atoms with Crippen LogP contribution in [0, 0.1) is 0 Å². The number of nitrogens with zero attached hydrogens (tertiary/aromatic N) is 5. The molecular weight excluding hydrogens is 687 g/mol. The van der Waals surface area contributed by atoms with E-state index in [1.807, 2.05) is 47.1 Å². The van der Waals surface area contributed by atoms with Gasteiger partial charge in [-0.1, -0.05) is 127 Å². The Morgan fingerprint density at radius 2 is 0.982 bits per heavy atom. The first-order valence-electron chi connectivity index (χ1n) is 18.8. The summed E-state index contributed by atoms with van der Waals surface area (Å²) >= 11 is 0. The average Bonchev–Trinajstić information content (AvgIpc) is 4.04. The summed E-state index contributed by atoms with van der Waals surface area (Å²) in [5.74, 6) is 1.46. The SMILES string of the molecule is c1ccc(-c2nc(-c3ccc4c5ccccc5n(-c5cccc(-n6c7ccccc7c7ccc8c9ccccc9oc8c76)c5)c4c3)n(-c3ccccc3)n2)cc1. The smallest absolute Gasteiger partial charge is 0.182 e. The van der Waals surface area contributed by atoms with Crippen molar-refractivity contribution >= 4 is 65.6 Å². The minimum Gasteiger partial charge on any atom is -0.454 e. The molecule has 6 heteroatoms. The van der Waals surface area contributed by atoms with Crippen LogP contribution in [-0.2, 0) is 0 Å². The van der Waals surface area contributed by atoms with Gasteiger partial charge in [-0.25, -0.2) is 9.67 Å². The van der Waals surface area contributed by atoms with E-state index in [0.717, 1.165) is 83.4 Å². The maximum absolute atomic E-state index is 6.66. The lowest BCUT2D eigenvalue weighted by Gasteiger charge is -2.13. The minimum absolute atomic E-state index is 0.683. The van der Waals surface area contributed by atoms with Crippen LogP contribution in [0.1, 0.15) is 0 Å². The molecule has 12 rings (SSSR count). The lowest BCUT2D eigenvalue weighted by Crippen LogP contribution is -2.00. The number of benzene rings is 8. The van der Waals surface area contributed by atoms with E-state index in [4.69, 9.17) is 14.5 Å². The van der Waals surface area contributed by atoms with Gasteiger partial charge in [0.25, 0.3) is 0 Å². The summed E-state index contributed by atoms with van der Waals surface area (Å²) in [6.45, 7) is 0. The van der Waals surface area contributed by atoms with Crippen LogP contribution in [0.5, 0.6) is 0 Å². The van der Waals surface area contributed by atoms with Gasteiger partial charge in [0, 0.05) is 54.8 Å². The summed E-state index contributed by atoms with van der Waals surface area (Å²) in [7, 11) is 0. The van der Waals surface area contributed by atoms with Crippen molar-refractivity contribution in [3.05, 3.63) is 188 Å². The van der Waals surface area contributed by atoms with Crippen LogP contribution in [-0.4, -0.2) is 23.9 Å². The molecule has 0 aliphatic rings. The Bertz CT molecular complexity index is 3480. The lowest BCUT2D eigenvalue weighted by atomic mass is 10.1. The zero-order valence-corrected chi connectivity index (χ0v) is 30.0. The molecule has 8 aromatic carbocycles. The van der Waals surface area contributed by atoms with Gasteiger partial charge >= 0.3 is 0 Å². The summed E-state index contributed by atoms with van der Waals surface area (Å²) in [6.07, 6.45) is 0. The molecule has 0 saturated heterocycles. The van der Waals surface area contributed by atoms with E-state index in [1.165, 1.54) is 16.2 Å². The third kappa shape index (κ3) is 4.50.